The average molecular weight is 371 g/mol. The molecule has 0 fully saturated rings. The topological polar surface area (TPSA) is 102 Å². The van der Waals surface area contributed by atoms with Crippen LogP contribution in [0.1, 0.15) is 21.5 Å². The first-order valence-corrected chi connectivity index (χ1v) is 8.23. The van der Waals surface area contributed by atoms with Crippen molar-refractivity contribution in [2.24, 2.45) is 0 Å². The van der Waals surface area contributed by atoms with E-state index in [0.717, 1.165) is 11.3 Å². The second-order valence-electron chi connectivity index (χ2n) is 6.12. The molecule has 0 aliphatic heterocycles. The normalized spacial score (nSPS) is 10.2. The third kappa shape index (κ3) is 5.27. The van der Waals surface area contributed by atoms with Gasteiger partial charge in [0.05, 0.1) is 10.5 Å². The molecule has 0 aliphatic carbocycles. The van der Waals surface area contributed by atoms with Gasteiger partial charge in [-0.05, 0) is 30.7 Å². The summed E-state index contributed by atoms with van der Waals surface area (Å²) >= 11 is 0. The molecule has 8 heteroatoms. The zero-order valence-corrected chi connectivity index (χ0v) is 15.4. The van der Waals surface area contributed by atoms with Crippen LogP contribution in [-0.4, -0.2) is 37.5 Å². The minimum atomic E-state index is -0.776. The van der Waals surface area contributed by atoms with Crippen molar-refractivity contribution in [3.05, 3.63) is 69.3 Å². The lowest BCUT2D eigenvalue weighted by atomic mass is 10.1. The fraction of sp³-hybridized carbons (Fsp3) is 0.263. The molecule has 0 aromatic heterocycles. The molecule has 27 heavy (non-hydrogen) atoms. The minimum Gasteiger partial charge on any atom is -0.452 e. The van der Waals surface area contributed by atoms with Crippen molar-refractivity contribution < 1.29 is 19.2 Å². The van der Waals surface area contributed by atoms with E-state index in [1.807, 2.05) is 43.3 Å². The molecular weight excluding hydrogens is 350 g/mol. The number of hydrogen-bond donors (Lipinski definition) is 1. The van der Waals surface area contributed by atoms with Gasteiger partial charge in [0, 0.05) is 38.0 Å². The summed E-state index contributed by atoms with van der Waals surface area (Å²) < 4.78 is 4.96. The fourth-order valence-corrected chi connectivity index (χ4v) is 2.41. The summed E-state index contributed by atoms with van der Waals surface area (Å²) in [5.74, 6) is -1.23. The number of hydrogen-bond acceptors (Lipinski definition) is 6. The van der Waals surface area contributed by atoms with Crippen LogP contribution in [0.3, 0.4) is 0 Å². The summed E-state index contributed by atoms with van der Waals surface area (Å²) in [5, 5.41) is 13.6. The molecule has 0 spiro atoms. The number of carbonyl (C=O) groups excluding carboxylic acids is 2. The Hall–Kier alpha value is -3.42. The molecule has 0 atom stereocenters. The number of nitro benzene ring substituents is 1. The molecule has 2 aromatic carbocycles. The van der Waals surface area contributed by atoms with Gasteiger partial charge in [-0.25, -0.2) is 4.79 Å². The monoisotopic (exact) mass is 371 g/mol. The van der Waals surface area contributed by atoms with Gasteiger partial charge in [0.2, 0.25) is 0 Å². The Morgan fingerprint density at radius 2 is 1.81 bits per heavy atom. The maximum atomic E-state index is 12.1. The maximum Gasteiger partial charge on any atom is 0.339 e. The van der Waals surface area contributed by atoms with E-state index in [1.54, 1.807) is 0 Å². The summed E-state index contributed by atoms with van der Waals surface area (Å²) in [6.07, 6.45) is 0. The number of esters is 1. The number of nitrogens with one attached hydrogen (secondary N) is 1. The highest BCUT2D eigenvalue weighted by molar-refractivity contribution is 5.93. The second-order valence-corrected chi connectivity index (χ2v) is 6.12. The first-order valence-electron chi connectivity index (χ1n) is 8.23. The van der Waals surface area contributed by atoms with Crippen LogP contribution in [0, 0.1) is 17.0 Å². The summed E-state index contributed by atoms with van der Waals surface area (Å²) in [6, 6.07) is 11.8. The average Bonchev–Trinajstić information content (AvgIpc) is 2.64. The van der Waals surface area contributed by atoms with E-state index in [4.69, 9.17) is 4.74 Å². The zero-order valence-electron chi connectivity index (χ0n) is 15.4. The number of nitro groups is 1. The van der Waals surface area contributed by atoms with E-state index in [-0.39, 0.29) is 16.8 Å². The summed E-state index contributed by atoms with van der Waals surface area (Å²) in [7, 11) is 3.88. The predicted molar refractivity (Wildman–Crippen MR) is 101 cm³/mol. The minimum absolute atomic E-state index is 0.0660. The molecular formula is C19H21N3O5. The van der Waals surface area contributed by atoms with Gasteiger partial charge in [0.15, 0.2) is 6.61 Å². The Morgan fingerprint density at radius 1 is 1.15 bits per heavy atom. The Labute approximate surface area is 156 Å². The van der Waals surface area contributed by atoms with Crippen LogP contribution < -0.4 is 10.2 Å². The third-order valence-electron chi connectivity index (χ3n) is 4.00. The van der Waals surface area contributed by atoms with Gasteiger partial charge in [0.25, 0.3) is 11.6 Å². The number of benzene rings is 2. The molecule has 2 aromatic rings. The van der Waals surface area contributed by atoms with Crippen molar-refractivity contribution in [2.75, 3.05) is 25.6 Å². The van der Waals surface area contributed by atoms with Crippen LogP contribution in [0.15, 0.2) is 42.5 Å². The Balaban J connectivity index is 1.87. The SMILES string of the molecule is Cc1c(C(=O)OCC(=O)NCc2ccc(N(C)C)cc2)cccc1[N+](=O)[O-]. The molecule has 0 saturated carbocycles. The molecule has 0 radical (unpaired) electrons. The summed E-state index contributed by atoms with van der Waals surface area (Å²) in [4.78, 5) is 36.3. The van der Waals surface area contributed by atoms with Gasteiger partial charge in [-0.2, -0.15) is 0 Å². The van der Waals surface area contributed by atoms with Crippen molar-refractivity contribution in [3.8, 4) is 0 Å². The Morgan fingerprint density at radius 3 is 2.41 bits per heavy atom. The van der Waals surface area contributed by atoms with Crippen LogP contribution in [0.2, 0.25) is 0 Å². The van der Waals surface area contributed by atoms with E-state index in [2.05, 4.69) is 5.32 Å². The highest BCUT2D eigenvalue weighted by Crippen LogP contribution is 2.21. The van der Waals surface area contributed by atoms with E-state index in [9.17, 15) is 19.7 Å². The van der Waals surface area contributed by atoms with Gasteiger partial charge in [-0.1, -0.05) is 18.2 Å². The maximum absolute atomic E-state index is 12.1. The van der Waals surface area contributed by atoms with Crippen molar-refractivity contribution in [1.82, 2.24) is 5.32 Å². The van der Waals surface area contributed by atoms with E-state index in [1.165, 1.54) is 25.1 Å². The van der Waals surface area contributed by atoms with Gasteiger partial charge < -0.3 is 15.0 Å². The highest BCUT2D eigenvalue weighted by atomic mass is 16.6. The molecule has 8 nitrogen and oxygen atoms in total. The van der Waals surface area contributed by atoms with E-state index < -0.39 is 23.4 Å². The number of amides is 1. The van der Waals surface area contributed by atoms with Crippen molar-refractivity contribution in [2.45, 2.75) is 13.5 Å². The number of carbonyl (C=O) groups is 2. The van der Waals surface area contributed by atoms with Gasteiger partial charge in [0.1, 0.15) is 0 Å². The van der Waals surface area contributed by atoms with Crippen molar-refractivity contribution in [3.63, 3.8) is 0 Å². The Kier molecular flexibility index (Phi) is 6.48. The standard InChI is InChI=1S/C19H21N3O5/c1-13-16(5-4-6-17(13)22(25)26)19(24)27-12-18(23)20-11-14-7-9-15(10-8-14)21(2)3/h4-10H,11-12H2,1-3H3,(H,20,23). The first kappa shape index (κ1) is 19.9. The van der Waals surface area contributed by atoms with Gasteiger partial charge >= 0.3 is 5.97 Å². The van der Waals surface area contributed by atoms with E-state index >= 15 is 0 Å². The molecule has 2 rings (SSSR count). The molecule has 0 aliphatic rings. The fourth-order valence-electron chi connectivity index (χ4n) is 2.41. The first-order chi connectivity index (χ1) is 12.8. The van der Waals surface area contributed by atoms with Gasteiger partial charge in [-0.3, -0.25) is 14.9 Å². The van der Waals surface area contributed by atoms with Crippen LogP contribution in [0.4, 0.5) is 11.4 Å². The number of rotatable bonds is 7. The van der Waals surface area contributed by atoms with Gasteiger partial charge in [-0.15, -0.1) is 0 Å². The Bertz CT molecular complexity index is 847. The lowest BCUT2D eigenvalue weighted by Crippen LogP contribution is -2.28. The zero-order chi connectivity index (χ0) is 20.0. The third-order valence-corrected chi connectivity index (χ3v) is 4.00. The number of ether oxygens (including phenoxy) is 1. The summed E-state index contributed by atoms with van der Waals surface area (Å²) in [6.45, 7) is 1.31. The second kappa shape index (κ2) is 8.79. The molecule has 142 valence electrons. The lowest BCUT2D eigenvalue weighted by Gasteiger charge is -2.13. The molecule has 0 unspecified atom stereocenters. The van der Waals surface area contributed by atoms with Crippen molar-refractivity contribution in [1.29, 1.82) is 0 Å². The number of nitrogens with zero attached hydrogens (tertiary/aromatic N) is 2. The molecule has 1 amide bonds. The van der Waals surface area contributed by atoms with Crippen molar-refractivity contribution >= 4 is 23.3 Å². The molecule has 1 N–H and O–H groups in total. The summed E-state index contributed by atoms with van der Waals surface area (Å²) in [5.41, 5.74) is 2.06. The van der Waals surface area contributed by atoms with Crippen LogP contribution >= 0.6 is 0 Å². The number of anilines is 1. The molecule has 0 heterocycles. The van der Waals surface area contributed by atoms with Crippen LogP contribution in [-0.2, 0) is 16.1 Å². The van der Waals surface area contributed by atoms with Crippen LogP contribution in [0.25, 0.3) is 0 Å². The van der Waals surface area contributed by atoms with E-state index in [0.29, 0.717) is 6.54 Å². The smallest absolute Gasteiger partial charge is 0.339 e. The molecule has 0 saturated heterocycles. The predicted octanol–water partition coefficient (Wildman–Crippen LogP) is 2.44. The quantitative estimate of drug-likeness (QED) is 0.456. The largest absolute Gasteiger partial charge is 0.452 e. The van der Waals surface area contributed by atoms with Crippen LogP contribution in [0.5, 0.6) is 0 Å². The molecule has 0 bridgehead atoms. The lowest BCUT2D eigenvalue weighted by molar-refractivity contribution is -0.385. The highest BCUT2D eigenvalue weighted by Gasteiger charge is 2.19.